The number of hydrogen-bond donors (Lipinski definition) is 0. The van der Waals surface area contributed by atoms with Crippen molar-refractivity contribution in [2.24, 2.45) is 0 Å². The number of anilines is 1. The molecule has 1 saturated heterocycles. The summed E-state index contributed by atoms with van der Waals surface area (Å²) >= 11 is 0. The minimum Gasteiger partial charge on any atom is -0.437 e. The van der Waals surface area contributed by atoms with E-state index in [-0.39, 0.29) is 0 Å². The Balaban J connectivity index is 1.79. The van der Waals surface area contributed by atoms with E-state index in [9.17, 15) is 0 Å². The molecule has 0 bridgehead atoms. The van der Waals surface area contributed by atoms with Crippen molar-refractivity contribution in [3.8, 4) is 11.6 Å². The van der Waals surface area contributed by atoms with Gasteiger partial charge in [0.15, 0.2) is 0 Å². The molecule has 0 radical (unpaired) electrons. The molecular formula is C15H17N3O. The summed E-state index contributed by atoms with van der Waals surface area (Å²) in [6.45, 7) is 4.17. The second-order valence-corrected chi connectivity index (χ2v) is 4.79. The zero-order valence-corrected chi connectivity index (χ0v) is 11.0. The standard InChI is InChI=1S/C15H17N3O/c1-12-10-16-11-15(17-12)19-14-6-4-5-13(9-14)18-7-2-3-8-18/h4-6,9-11H,2-3,7-8H2,1H3. The third-order valence-electron chi connectivity index (χ3n) is 3.24. The summed E-state index contributed by atoms with van der Waals surface area (Å²) in [5.74, 6) is 1.35. The Morgan fingerprint density at radius 2 is 2.00 bits per heavy atom. The van der Waals surface area contributed by atoms with Gasteiger partial charge in [-0.2, -0.15) is 0 Å². The fraction of sp³-hybridized carbons (Fsp3) is 0.333. The van der Waals surface area contributed by atoms with E-state index in [1.165, 1.54) is 18.5 Å². The Bertz CT molecular complexity index is 565. The van der Waals surface area contributed by atoms with Gasteiger partial charge in [0, 0.05) is 31.0 Å². The fourth-order valence-corrected chi connectivity index (χ4v) is 2.33. The molecule has 0 spiro atoms. The molecule has 0 saturated carbocycles. The van der Waals surface area contributed by atoms with E-state index in [2.05, 4.69) is 27.0 Å². The van der Waals surface area contributed by atoms with Gasteiger partial charge in [0.1, 0.15) is 5.75 Å². The van der Waals surface area contributed by atoms with Crippen LogP contribution >= 0.6 is 0 Å². The van der Waals surface area contributed by atoms with Crippen LogP contribution in [0.4, 0.5) is 5.69 Å². The van der Waals surface area contributed by atoms with Gasteiger partial charge in [-0.05, 0) is 31.9 Å². The molecule has 2 aromatic rings. The van der Waals surface area contributed by atoms with Crippen molar-refractivity contribution in [1.29, 1.82) is 0 Å². The lowest BCUT2D eigenvalue weighted by atomic mass is 10.3. The summed E-state index contributed by atoms with van der Waals surface area (Å²) in [5.41, 5.74) is 2.07. The normalized spacial score (nSPS) is 14.7. The highest BCUT2D eigenvalue weighted by atomic mass is 16.5. The quantitative estimate of drug-likeness (QED) is 0.844. The SMILES string of the molecule is Cc1cncc(Oc2cccc(N3CCCC3)c2)n1. The van der Waals surface area contributed by atoms with Crippen LogP contribution in [0.1, 0.15) is 18.5 Å². The number of ether oxygens (including phenoxy) is 1. The summed E-state index contributed by atoms with van der Waals surface area (Å²) < 4.78 is 5.76. The molecule has 0 unspecified atom stereocenters. The van der Waals surface area contributed by atoms with Gasteiger partial charge in [-0.25, -0.2) is 4.98 Å². The van der Waals surface area contributed by atoms with Crippen LogP contribution in [0, 0.1) is 6.92 Å². The van der Waals surface area contributed by atoms with Crippen molar-refractivity contribution in [1.82, 2.24) is 9.97 Å². The molecule has 1 aliphatic rings. The van der Waals surface area contributed by atoms with Crippen LogP contribution in [0.15, 0.2) is 36.7 Å². The molecular weight excluding hydrogens is 238 g/mol. The van der Waals surface area contributed by atoms with E-state index in [1.54, 1.807) is 12.4 Å². The lowest BCUT2D eigenvalue weighted by Gasteiger charge is -2.18. The Morgan fingerprint density at radius 1 is 1.16 bits per heavy atom. The zero-order chi connectivity index (χ0) is 13.1. The van der Waals surface area contributed by atoms with Crippen molar-refractivity contribution in [3.63, 3.8) is 0 Å². The van der Waals surface area contributed by atoms with Gasteiger partial charge in [-0.1, -0.05) is 6.07 Å². The maximum Gasteiger partial charge on any atom is 0.238 e. The van der Waals surface area contributed by atoms with Crippen molar-refractivity contribution >= 4 is 5.69 Å². The van der Waals surface area contributed by atoms with Gasteiger partial charge >= 0.3 is 0 Å². The van der Waals surface area contributed by atoms with Crippen molar-refractivity contribution in [2.45, 2.75) is 19.8 Å². The van der Waals surface area contributed by atoms with E-state index < -0.39 is 0 Å². The van der Waals surface area contributed by atoms with E-state index in [0.717, 1.165) is 24.5 Å². The minimum absolute atomic E-state index is 0.540. The van der Waals surface area contributed by atoms with Gasteiger partial charge in [0.05, 0.1) is 11.9 Å². The largest absolute Gasteiger partial charge is 0.437 e. The molecule has 4 heteroatoms. The molecule has 3 rings (SSSR count). The topological polar surface area (TPSA) is 38.2 Å². The number of rotatable bonds is 3. The lowest BCUT2D eigenvalue weighted by Crippen LogP contribution is -2.17. The summed E-state index contributed by atoms with van der Waals surface area (Å²) in [5, 5.41) is 0. The highest BCUT2D eigenvalue weighted by molar-refractivity contribution is 5.51. The van der Waals surface area contributed by atoms with E-state index in [0.29, 0.717) is 5.88 Å². The van der Waals surface area contributed by atoms with Crippen LogP contribution in [0.3, 0.4) is 0 Å². The molecule has 0 N–H and O–H groups in total. The van der Waals surface area contributed by atoms with E-state index >= 15 is 0 Å². The second-order valence-electron chi connectivity index (χ2n) is 4.79. The first kappa shape index (κ1) is 12.0. The molecule has 2 heterocycles. The Hall–Kier alpha value is -2.10. The minimum atomic E-state index is 0.540. The van der Waals surface area contributed by atoms with Crippen molar-refractivity contribution in [3.05, 3.63) is 42.4 Å². The molecule has 1 aromatic carbocycles. The van der Waals surface area contributed by atoms with Crippen LogP contribution in [0.2, 0.25) is 0 Å². The Morgan fingerprint density at radius 3 is 2.79 bits per heavy atom. The van der Waals surface area contributed by atoms with Crippen molar-refractivity contribution in [2.75, 3.05) is 18.0 Å². The highest BCUT2D eigenvalue weighted by Gasteiger charge is 2.12. The molecule has 0 atom stereocenters. The predicted octanol–water partition coefficient (Wildman–Crippen LogP) is 3.18. The van der Waals surface area contributed by atoms with Crippen LogP contribution < -0.4 is 9.64 Å². The van der Waals surface area contributed by atoms with Gasteiger partial charge in [0.25, 0.3) is 0 Å². The molecule has 1 aromatic heterocycles. The van der Waals surface area contributed by atoms with Gasteiger partial charge in [0.2, 0.25) is 5.88 Å². The average Bonchev–Trinajstić information content (AvgIpc) is 2.93. The van der Waals surface area contributed by atoms with E-state index in [1.807, 2.05) is 19.1 Å². The third-order valence-corrected chi connectivity index (χ3v) is 3.24. The van der Waals surface area contributed by atoms with Gasteiger partial charge in [-0.15, -0.1) is 0 Å². The maximum absolute atomic E-state index is 5.76. The number of hydrogen-bond acceptors (Lipinski definition) is 4. The van der Waals surface area contributed by atoms with Crippen molar-refractivity contribution < 1.29 is 4.74 Å². The second kappa shape index (κ2) is 5.26. The van der Waals surface area contributed by atoms with E-state index in [4.69, 9.17) is 4.74 Å². The van der Waals surface area contributed by atoms with Gasteiger partial charge < -0.3 is 9.64 Å². The smallest absolute Gasteiger partial charge is 0.238 e. The average molecular weight is 255 g/mol. The predicted molar refractivity (Wildman–Crippen MR) is 74.7 cm³/mol. The Kier molecular flexibility index (Phi) is 3.31. The van der Waals surface area contributed by atoms with Crippen LogP contribution in [0.25, 0.3) is 0 Å². The Labute approximate surface area is 113 Å². The first-order valence-electron chi connectivity index (χ1n) is 6.63. The lowest BCUT2D eigenvalue weighted by molar-refractivity contribution is 0.458. The number of benzene rings is 1. The summed E-state index contributed by atoms with van der Waals surface area (Å²) in [6, 6.07) is 8.16. The highest BCUT2D eigenvalue weighted by Crippen LogP contribution is 2.26. The first-order chi connectivity index (χ1) is 9.31. The maximum atomic E-state index is 5.76. The van der Waals surface area contributed by atoms with Crippen LogP contribution in [0.5, 0.6) is 11.6 Å². The summed E-state index contributed by atoms with van der Waals surface area (Å²) in [7, 11) is 0. The van der Waals surface area contributed by atoms with Crippen LogP contribution in [-0.4, -0.2) is 23.1 Å². The number of aromatic nitrogens is 2. The molecule has 98 valence electrons. The third kappa shape index (κ3) is 2.84. The molecule has 0 amide bonds. The number of nitrogens with zero attached hydrogens (tertiary/aromatic N) is 3. The summed E-state index contributed by atoms with van der Waals surface area (Å²) in [4.78, 5) is 10.8. The number of aryl methyl sites for hydroxylation is 1. The molecule has 1 fully saturated rings. The first-order valence-corrected chi connectivity index (χ1v) is 6.63. The summed E-state index contributed by atoms with van der Waals surface area (Å²) in [6.07, 6.45) is 5.89. The molecule has 19 heavy (non-hydrogen) atoms. The zero-order valence-electron chi connectivity index (χ0n) is 11.0. The molecule has 4 nitrogen and oxygen atoms in total. The monoisotopic (exact) mass is 255 g/mol. The van der Waals surface area contributed by atoms with Gasteiger partial charge in [-0.3, -0.25) is 4.98 Å². The molecule has 0 aliphatic carbocycles. The molecule has 1 aliphatic heterocycles. The fourth-order valence-electron chi connectivity index (χ4n) is 2.33. The van der Waals surface area contributed by atoms with Crippen LogP contribution in [-0.2, 0) is 0 Å².